The Kier molecular flexibility index (Phi) is 6.21. The van der Waals surface area contributed by atoms with E-state index >= 15 is 0 Å². The number of rotatable bonds is 7. The topological polar surface area (TPSA) is 139 Å². The van der Waals surface area contributed by atoms with E-state index in [4.69, 9.17) is 0 Å². The summed E-state index contributed by atoms with van der Waals surface area (Å²) in [5.74, 6) is -2.31. The summed E-state index contributed by atoms with van der Waals surface area (Å²) in [5.41, 5.74) is 0.517. The summed E-state index contributed by atoms with van der Waals surface area (Å²) in [4.78, 5) is 45.5. The van der Waals surface area contributed by atoms with Gasteiger partial charge in [0, 0.05) is 36.2 Å². The molecule has 0 saturated heterocycles. The van der Waals surface area contributed by atoms with Crippen molar-refractivity contribution in [1.29, 1.82) is 0 Å². The van der Waals surface area contributed by atoms with Crippen molar-refractivity contribution in [3.05, 3.63) is 69.8 Å². The van der Waals surface area contributed by atoms with Gasteiger partial charge in [-0.3, -0.25) is 19.7 Å². The maximum atomic E-state index is 12.4. The van der Waals surface area contributed by atoms with Gasteiger partial charge in [0.2, 0.25) is 5.91 Å². The number of aliphatic carboxylic acids is 1. The van der Waals surface area contributed by atoms with Crippen molar-refractivity contribution in [3.8, 4) is 0 Å². The Bertz CT molecular complexity index is 896. The zero-order valence-corrected chi connectivity index (χ0v) is 14.3. The van der Waals surface area contributed by atoms with Crippen molar-refractivity contribution < 1.29 is 24.4 Å². The maximum Gasteiger partial charge on any atom is 0.326 e. The van der Waals surface area contributed by atoms with E-state index in [1.54, 1.807) is 12.1 Å². The quantitative estimate of drug-likeness (QED) is 0.502. The lowest BCUT2D eigenvalue weighted by atomic mass is 10.0. The Balaban J connectivity index is 2.19. The van der Waals surface area contributed by atoms with E-state index in [9.17, 15) is 29.6 Å². The van der Waals surface area contributed by atoms with Gasteiger partial charge in [-0.05, 0) is 18.2 Å². The van der Waals surface area contributed by atoms with Gasteiger partial charge < -0.3 is 15.7 Å². The molecule has 0 saturated carbocycles. The third kappa shape index (κ3) is 5.36. The van der Waals surface area contributed by atoms with E-state index in [2.05, 4.69) is 10.6 Å². The summed E-state index contributed by atoms with van der Waals surface area (Å²) in [5, 5.41) is 25.4. The van der Waals surface area contributed by atoms with Gasteiger partial charge in [-0.2, -0.15) is 0 Å². The molecule has 2 amide bonds. The molecule has 0 aliphatic rings. The van der Waals surface area contributed by atoms with E-state index in [0.29, 0.717) is 5.69 Å². The number of carbonyl (C=O) groups excluding carboxylic acids is 2. The van der Waals surface area contributed by atoms with Crippen molar-refractivity contribution in [3.63, 3.8) is 0 Å². The van der Waals surface area contributed by atoms with Gasteiger partial charge in [0.1, 0.15) is 6.04 Å². The van der Waals surface area contributed by atoms with E-state index in [-0.39, 0.29) is 29.1 Å². The number of hydrogen-bond acceptors (Lipinski definition) is 5. The number of carbonyl (C=O) groups is 3. The molecule has 9 nitrogen and oxygen atoms in total. The molecule has 0 aliphatic heterocycles. The number of nitrogens with one attached hydrogen (secondary N) is 2. The Morgan fingerprint density at radius 1 is 1.15 bits per heavy atom. The molecule has 0 aliphatic carbocycles. The third-order valence-corrected chi connectivity index (χ3v) is 3.66. The van der Waals surface area contributed by atoms with Crippen LogP contribution in [-0.2, 0) is 16.0 Å². The minimum absolute atomic E-state index is 0.148. The molecule has 0 radical (unpaired) electrons. The van der Waals surface area contributed by atoms with Crippen molar-refractivity contribution in [2.45, 2.75) is 19.4 Å². The number of nitro benzene ring substituents is 1. The van der Waals surface area contributed by atoms with Crippen LogP contribution in [0.3, 0.4) is 0 Å². The lowest BCUT2D eigenvalue weighted by molar-refractivity contribution is -0.385. The molecule has 0 heterocycles. The van der Waals surface area contributed by atoms with E-state index in [1.807, 2.05) is 0 Å². The highest BCUT2D eigenvalue weighted by atomic mass is 16.6. The highest BCUT2D eigenvalue weighted by molar-refractivity contribution is 5.98. The van der Waals surface area contributed by atoms with Crippen molar-refractivity contribution >= 4 is 29.2 Å². The third-order valence-electron chi connectivity index (χ3n) is 3.66. The lowest BCUT2D eigenvalue weighted by Gasteiger charge is -2.15. The average Bonchev–Trinajstić information content (AvgIpc) is 2.61. The van der Waals surface area contributed by atoms with Gasteiger partial charge in [0.25, 0.3) is 11.6 Å². The maximum absolute atomic E-state index is 12.4. The average molecular weight is 371 g/mol. The SMILES string of the molecule is CC(=O)Nc1cccc(C(=O)N[C@@H](Cc2ccccc2[N+](=O)[O-])C(=O)O)c1. The number of nitrogens with zero attached hydrogens (tertiary/aromatic N) is 1. The lowest BCUT2D eigenvalue weighted by Crippen LogP contribution is -2.42. The van der Waals surface area contributed by atoms with Gasteiger partial charge >= 0.3 is 5.97 Å². The minimum Gasteiger partial charge on any atom is -0.480 e. The highest BCUT2D eigenvalue weighted by Gasteiger charge is 2.25. The van der Waals surface area contributed by atoms with Crippen LogP contribution in [0.25, 0.3) is 0 Å². The van der Waals surface area contributed by atoms with Crippen LogP contribution in [0.4, 0.5) is 11.4 Å². The highest BCUT2D eigenvalue weighted by Crippen LogP contribution is 2.19. The second-order valence-electron chi connectivity index (χ2n) is 5.72. The van der Waals surface area contributed by atoms with Crippen LogP contribution in [0.1, 0.15) is 22.8 Å². The molecular weight excluding hydrogens is 354 g/mol. The number of amides is 2. The van der Waals surface area contributed by atoms with Crippen molar-refractivity contribution in [2.75, 3.05) is 5.32 Å². The summed E-state index contributed by atoms with van der Waals surface area (Å²) >= 11 is 0. The van der Waals surface area contributed by atoms with Crippen molar-refractivity contribution in [1.82, 2.24) is 5.32 Å². The molecule has 140 valence electrons. The number of para-hydroxylation sites is 1. The Labute approximate surface area is 154 Å². The van der Waals surface area contributed by atoms with Crippen LogP contribution in [0.2, 0.25) is 0 Å². The number of carboxylic acid groups (broad SMARTS) is 1. The van der Waals surface area contributed by atoms with Gasteiger partial charge in [0.15, 0.2) is 0 Å². The Morgan fingerprint density at radius 2 is 1.85 bits per heavy atom. The normalized spacial score (nSPS) is 11.3. The molecule has 2 aromatic rings. The number of benzene rings is 2. The Hall–Kier alpha value is -3.75. The van der Waals surface area contributed by atoms with Gasteiger partial charge in [-0.15, -0.1) is 0 Å². The summed E-state index contributed by atoms with van der Waals surface area (Å²) in [7, 11) is 0. The fourth-order valence-electron chi connectivity index (χ4n) is 2.46. The predicted molar refractivity (Wildman–Crippen MR) is 96.4 cm³/mol. The fourth-order valence-corrected chi connectivity index (χ4v) is 2.46. The number of hydrogen-bond donors (Lipinski definition) is 3. The Morgan fingerprint density at radius 3 is 2.48 bits per heavy atom. The molecule has 0 unspecified atom stereocenters. The minimum atomic E-state index is -1.36. The first-order valence-corrected chi connectivity index (χ1v) is 7.91. The van der Waals surface area contributed by atoms with Crippen LogP contribution < -0.4 is 10.6 Å². The summed E-state index contributed by atoms with van der Waals surface area (Å²) in [6.45, 7) is 1.32. The fraction of sp³-hybridized carbons (Fsp3) is 0.167. The monoisotopic (exact) mass is 371 g/mol. The van der Waals surface area contributed by atoms with E-state index < -0.39 is 22.8 Å². The van der Waals surface area contributed by atoms with Gasteiger partial charge in [-0.25, -0.2) is 4.79 Å². The summed E-state index contributed by atoms with van der Waals surface area (Å²) in [6, 6.07) is 10.4. The smallest absolute Gasteiger partial charge is 0.326 e. The van der Waals surface area contributed by atoms with Crippen molar-refractivity contribution in [2.24, 2.45) is 0 Å². The van der Waals surface area contributed by atoms with Crippen LogP contribution in [0.5, 0.6) is 0 Å². The molecule has 0 bridgehead atoms. The standard InChI is InChI=1S/C18H17N3O6/c1-11(22)19-14-7-4-6-13(9-14)17(23)20-15(18(24)25)10-12-5-2-3-8-16(12)21(26)27/h2-9,15H,10H2,1H3,(H,19,22)(H,20,23)(H,24,25)/t15-/m0/s1. The molecule has 3 N–H and O–H groups in total. The van der Waals surface area contributed by atoms with E-state index in [1.165, 1.54) is 43.3 Å². The van der Waals surface area contributed by atoms with Crippen LogP contribution in [0.15, 0.2) is 48.5 Å². The van der Waals surface area contributed by atoms with Crippen LogP contribution in [0, 0.1) is 10.1 Å². The van der Waals surface area contributed by atoms with Crippen LogP contribution >= 0.6 is 0 Å². The zero-order valence-electron chi connectivity index (χ0n) is 14.3. The molecule has 0 aromatic heterocycles. The zero-order chi connectivity index (χ0) is 20.0. The molecule has 2 aromatic carbocycles. The van der Waals surface area contributed by atoms with Gasteiger partial charge in [-0.1, -0.05) is 24.3 Å². The second kappa shape index (κ2) is 8.56. The summed E-state index contributed by atoms with van der Waals surface area (Å²) in [6.07, 6.45) is -0.246. The second-order valence-corrected chi connectivity index (χ2v) is 5.72. The first kappa shape index (κ1) is 19.6. The number of anilines is 1. The molecular formula is C18H17N3O6. The predicted octanol–water partition coefficient (Wildman–Crippen LogP) is 1.98. The number of nitro groups is 1. The largest absolute Gasteiger partial charge is 0.480 e. The molecule has 1 atom stereocenters. The summed E-state index contributed by atoms with van der Waals surface area (Å²) < 4.78 is 0. The molecule has 9 heteroatoms. The number of carboxylic acids is 1. The first-order valence-electron chi connectivity index (χ1n) is 7.91. The van der Waals surface area contributed by atoms with Gasteiger partial charge in [0.05, 0.1) is 4.92 Å². The first-order chi connectivity index (χ1) is 12.8. The molecule has 27 heavy (non-hydrogen) atoms. The van der Waals surface area contributed by atoms with E-state index in [0.717, 1.165) is 0 Å². The van der Waals surface area contributed by atoms with Crippen LogP contribution in [-0.4, -0.2) is 33.9 Å². The molecule has 2 rings (SSSR count). The molecule has 0 spiro atoms. The molecule has 0 fully saturated rings.